The standard InChI is InChI=1S/N2O.Ni.H2O/c1-2-3;;/h;;1H2. The van der Waals surface area contributed by atoms with E-state index in [1.54, 1.807) is 0 Å². The monoisotopic (exact) mass is 120 g/mol. The average molecular weight is 121 g/mol. The molecule has 0 heterocycles. The van der Waals surface area contributed by atoms with Crippen LogP contribution < -0.4 is 4.97 Å². The Labute approximate surface area is 38.3 Å². The zero-order valence-electron chi connectivity index (χ0n) is 2.12. The van der Waals surface area contributed by atoms with E-state index in [0.717, 1.165) is 0 Å². The minimum absolute atomic E-state index is 0. The Morgan fingerprint density at radius 2 is 1.60 bits per heavy atom. The molecule has 0 bridgehead atoms. The van der Waals surface area contributed by atoms with Crippen molar-refractivity contribution in [2.24, 2.45) is 0 Å². The largest absolute Gasteiger partial charge is 0.412 e. The molecule has 0 aliphatic carbocycles. The number of hydrogen-bond acceptors (Lipinski definition) is 1. The summed E-state index contributed by atoms with van der Waals surface area (Å²) in [6.07, 6.45) is 0. The van der Waals surface area contributed by atoms with Gasteiger partial charge in [-0.1, -0.05) is 0 Å². The van der Waals surface area contributed by atoms with E-state index in [0.29, 0.717) is 0 Å². The van der Waals surface area contributed by atoms with Crippen molar-refractivity contribution < 1.29 is 22.0 Å². The van der Waals surface area contributed by atoms with Crippen LogP contribution in [-0.4, -0.2) is 5.48 Å². The predicted octanol–water partition coefficient (Wildman–Crippen LogP) is -0.986. The molecule has 0 aliphatic rings. The van der Waals surface area contributed by atoms with Crippen LogP contribution in [0.3, 0.4) is 0 Å². The summed E-state index contributed by atoms with van der Waals surface area (Å²) in [6, 6.07) is 0. The van der Waals surface area contributed by atoms with Gasteiger partial charge < -0.3 is 5.48 Å². The van der Waals surface area contributed by atoms with Crippen molar-refractivity contribution >= 4 is 0 Å². The van der Waals surface area contributed by atoms with Crippen LogP contribution in [0.25, 0.3) is 5.53 Å². The van der Waals surface area contributed by atoms with E-state index < -0.39 is 0 Å². The molecule has 0 aromatic rings. The molecule has 5 heteroatoms. The minimum Gasteiger partial charge on any atom is -0.412 e. The zero-order chi connectivity index (χ0) is 2.71. The third-order valence-corrected chi connectivity index (χ3v) is 0. The maximum Gasteiger partial charge on any atom is 0.151 e. The zero-order valence-corrected chi connectivity index (χ0v) is 3.11. The van der Waals surface area contributed by atoms with Crippen molar-refractivity contribution in [1.29, 1.82) is 0 Å². The molecule has 0 aliphatic heterocycles. The van der Waals surface area contributed by atoms with Crippen molar-refractivity contribution in [3.8, 4) is 0 Å². The average Bonchev–Trinajstić information content (AvgIpc) is 0.918. The van der Waals surface area contributed by atoms with Gasteiger partial charge in [0.05, 0.1) is 0 Å². The van der Waals surface area contributed by atoms with Crippen LogP contribution in [0.4, 0.5) is 0 Å². The second-order valence-corrected chi connectivity index (χ2v) is 0.0816. The van der Waals surface area contributed by atoms with E-state index in [9.17, 15) is 0 Å². The van der Waals surface area contributed by atoms with Crippen LogP contribution in [0, 0.1) is 4.91 Å². The summed E-state index contributed by atoms with van der Waals surface area (Å²) < 4.78 is 0. The van der Waals surface area contributed by atoms with Gasteiger partial charge in [0.15, 0.2) is 4.91 Å². The van der Waals surface area contributed by atoms with Crippen molar-refractivity contribution in [1.82, 2.24) is 4.97 Å². The van der Waals surface area contributed by atoms with Gasteiger partial charge in [0.2, 0.25) is 0 Å². The van der Waals surface area contributed by atoms with E-state index in [1.165, 1.54) is 4.97 Å². The van der Waals surface area contributed by atoms with Gasteiger partial charge in [0, 0.05) is 16.5 Å². The first kappa shape index (κ1) is 21.7. The van der Waals surface area contributed by atoms with E-state index in [4.69, 9.17) is 10.4 Å². The summed E-state index contributed by atoms with van der Waals surface area (Å²) in [6.45, 7) is 0. The summed E-state index contributed by atoms with van der Waals surface area (Å²) in [5, 5.41) is 0. The van der Waals surface area contributed by atoms with Gasteiger partial charge in [0.1, 0.15) is 4.97 Å². The van der Waals surface area contributed by atoms with Crippen LogP contribution in [0.15, 0.2) is 0 Å². The smallest absolute Gasteiger partial charge is 0.151 e. The van der Waals surface area contributed by atoms with Crippen LogP contribution in [0.1, 0.15) is 0 Å². The molecular weight excluding hydrogens is 119 g/mol. The summed E-state index contributed by atoms with van der Waals surface area (Å²) in [5.74, 6) is 0. The van der Waals surface area contributed by atoms with Crippen molar-refractivity contribution in [2.75, 3.05) is 0 Å². The normalized spacial score (nSPS) is 1.60. The Bertz CT molecular complexity index is 28.6. The summed E-state index contributed by atoms with van der Waals surface area (Å²) in [7, 11) is 0. The second-order valence-electron chi connectivity index (χ2n) is 0.0816. The topological polar surface area (TPSA) is 85.0 Å². The SMILES string of the molecule is O.[N-]=[N+]=O.[Ni]. The summed E-state index contributed by atoms with van der Waals surface area (Å²) in [5.41, 5.74) is 6.64. The van der Waals surface area contributed by atoms with E-state index in [1.807, 2.05) is 0 Å². The molecule has 0 amide bonds. The Hall–Kier alpha value is -0.236. The molecule has 0 saturated carbocycles. The molecule has 0 radical (unpaired) electrons. The fraction of sp³-hybridized carbons (Fsp3) is 0. The molecule has 0 spiro atoms. The molecular formula is H2N2NiO2. The molecule has 0 fully saturated rings. The quantitative estimate of drug-likeness (QED) is 0.230. The molecule has 2 N–H and O–H groups in total. The maximum atomic E-state index is 8.11. The van der Waals surface area contributed by atoms with E-state index in [2.05, 4.69) is 0 Å². The second kappa shape index (κ2) is 49.3. The molecule has 4 nitrogen and oxygen atoms in total. The van der Waals surface area contributed by atoms with Crippen LogP contribution in [0.5, 0.6) is 0 Å². The van der Waals surface area contributed by atoms with Gasteiger partial charge in [-0.05, 0) is 0 Å². The number of hydrogen-bond donors (Lipinski definition) is 0. The fourth-order valence-corrected chi connectivity index (χ4v) is 0. The fourth-order valence-electron chi connectivity index (χ4n) is 0. The third kappa shape index (κ3) is 209. The minimum atomic E-state index is 0. The van der Waals surface area contributed by atoms with E-state index in [-0.39, 0.29) is 22.0 Å². The molecule has 0 saturated heterocycles. The first-order valence-electron chi connectivity index (χ1n) is 0.383. The van der Waals surface area contributed by atoms with Crippen molar-refractivity contribution in [3.63, 3.8) is 0 Å². The molecule has 0 atom stereocenters. The summed E-state index contributed by atoms with van der Waals surface area (Å²) in [4.78, 5) is 9.36. The van der Waals surface area contributed by atoms with Gasteiger partial charge in [-0.2, -0.15) is 0 Å². The molecule has 5 heavy (non-hydrogen) atoms. The van der Waals surface area contributed by atoms with Crippen LogP contribution in [-0.2, 0) is 16.5 Å². The molecule has 0 rings (SSSR count). The number of rotatable bonds is 0. The Morgan fingerprint density at radius 3 is 1.60 bits per heavy atom. The van der Waals surface area contributed by atoms with E-state index >= 15 is 0 Å². The molecule has 0 unspecified atom stereocenters. The summed E-state index contributed by atoms with van der Waals surface area (Å²) >= 11 is 0. The molecule has 34 valence electrons. The van der Waals surface area contributed by atoms with Gasteiger partial charge in [-0.15, -0.1) is 0 Å². The van der Waals surface area contributed by atoms with Crippen molar-refractivity contribution in [3.05, 3.63) is 10.4 Å². The van der Waals surface area contributed by atoms with Gasteiger partial charge in [-0.25, -0.2) is 0 Å². The Balaban J connectivity index is -0.0000000200. The maximum absolute atomic E-state index is 8.11. The number of nitroso groups, excluding NO2 is 1. The Morgan fingerprint density at radius 1 is 1.60 bits per heavy atom. The van der Waals surface area contributed by atoms with Gasteiger partial charge >= 0.3 is 0 Å². The first-order chi connectivity index (χ1) is 1.41. The van der Waals surface area contributed by atoms with Crippen molar-refractivity contribution in [2.45, 2.75) is 0 Å². The Kier molecular flexibility index (Phi) is 214. The molecule has 0 aromatic heterocycles. The molecule has 0 aromatic carbocycles. The van der Waals surface area contributed by atoms with Gasteiger partial charge in [-0.3, -0.25) is 5.53 Å². The third-order valence-electron chi connectivity index (χ3n) is 0. The predicted molar refractivity (Wildman–Crippen MR) is 12.5 cm³/mol. The van der Waals surface area contributed by atoms with Gasteiger partial charge in [0.25, 0.3) is 0 Å². The van der Waals surface area contributed by atoms with Crippen LogP contribution >= 0.6 is 0 Å². The number of nitrogens with zero attached hydrogens (tertiary/aromatic N) is 2. The first-order valence-corrected chi connectivity index (χ1v) is 0.383. The van der Waals surface area contributed by atoms with Crippen LogP contribution in [0.2, 0.25) is 0 Å².